The number of aromatic nitrogens is 2. The Hall–Kier alpha value is -4.90. The smallest absolute Gasteiger partial charge is 0.417 e. The minimum absolute atomic E-state index is 0.159. The van der Waals surface area contributed by atoms with Crippen molar-refractivity contribution in [2.45, 2.75) is 95.7 Å². The highest BCUT2D eigenvalue weighted by atomic mass is 16.7. The quantitative estimate of drug-likeness (QED) is 0.0526. The molecule has 296 valence electrons. The first kappa shape index (κ1) is 42.3. The lowest BCUT2D eigenvalue weighted by molar-refractivity contribution is -0.893. The molecule has 3 aromatic carbocycles. The van der Waals surface area contributed by atoms with Crippen molar-refractivity contribution < 1.29 is 43.3 Å². The molecule has 0 spiro atoms. The first-order valence-electron chi connectivity index (χ1n) is 20.2. The van der Waals surface area contributed by atoms with E-state index in [0.717, 1.165) is 18.2 Å². The summed E-state index contributed by atoms with van der Waals surface area (Å²) in [7, 11) is -2.23. The van der Waals surface area contributed by atoms with Crippen LogP contribution in [0.15, 0.2) is 140 Å². The zero-order valence-electron chi connectivity index (χ0n) is 33.0. The average Bonchev–Trinajstić information content (AvgIpc) is 3.96. The van der Waals surface area contributed by atoms with Gasteiger partial charge in [-0.1, -0.05) is 91.0 Å². The number of rotatable bonds is 16. The summed E-state index contributed by atoms with van der Waals surface area (Å²) in [6, 6.07) is 42.8. The number of pyridine rings is 2. The SMILES string of the molecule is CCO[n+]1ccccc1OC1CCCC1.CCO[n+]1ccccc1OC1CCCC1.[O-]B([O-])OCCCC(c1ccccc1)(c1ccccc1)c1ccccc1. The predicted molar refractivity (Wildman–Crippen MR) is 213 cm³/mol. The van der Waals surface area contributed by atoms with E-state index in [-0.39, 0.29) is 12.0 Å². The molecule has 56 heavy (non-hydrogen) atoms. The Morgan fingerprint density at radius 3 is 1.29 bits per heavy atom. The van der Waals surface area contributed by atoms with E-state index < -0.39 is 7.32 Å². The van der Waals surface area contributed by atoms with E-state index in [1.54, 1.807) is 9.46 Å². The zero-order valence-corrected chi connectivity index (χ0v) is 33.0. The summed E-state index contributed by atoms with van der Waals surface area (Å²) in [5.74, 6) is 1.62. The molecule has 2 saturated carbocycles. The molecular weight excluding hydrogens is 703 g/mol. The highest BCUT2D eigenvalue weighted by Gasteiger charge is 2.35. The maximum atomic E-state index is 10.7. The first-order valence-corrected chi connectivity index (χ1v) is 20.2. The Balaban J connectivity index is 0.000000171. The van der Waals surface area contributed by atoms with Crippen molar-refractivity contribution in [1.29, 1.82) is 0 Å². The van der Waals surface area contributed by atoms with E-state index in [9.17, 15) is 10.0 Å². The van der Waals surface area contributed by atoms with E-state index in [4.69, 9.17) is 23.8 Å². The Morgan fingerprint density at radius 2 is 0.929 bits per heavy atom. The highest BCUT2D eigenvalue weighted by Crippen LogP contribution is 2.43. The fraction of sp³-hybridized carbons (Fsp3) is 0.391. The van der Waals surface area contributed by atoms with E-state index >= 15 is 0 Å². The van der Waals surface area contributed by atoms with Gasteiger partial charge in [-0.15, -0.1) is 0 Å². The summed E-state index contributed by atoms with van der Waals surface area (Å²) in [5, 5.41) is 21.4. The summed E-state index contributed by atoms with van der Waals surface area (Å²) in [6.07, 6.45) is 15.7. The third-order valence-corrected chi connectivity index (χ3v) is 10.0. The van der Waals surface area contributed by atoms with Crippen molar-refractivity contribution >= 4 is 7.32 Å². The van der Waals surface area contributed by atoms with E-state index in [1.807, 2.05) is 117 Å². The van der Waals surface area contributed by atoms with E-state index in [2.05, 4.69) is 36.4 Å². The lowest BCUT2D eigenvalue weighted by Crippen LogP contribution is -2.48. The maximum absolute atomic E-state index is 10.7. The molecule has 2 aliphatic carbocycles. The summed E-state index contributed by atoms with van der Waals surface area (Å²) >= 11 is 0. The Kier molecular flexibility index (Phi) is 17.5. The molecule has 2 aromatic heterocycles. The molecule has 5 aromatic rings. The van der Waals surface area contributed by atoms with Gasteiger partial charge in [-0.3, -0.25) is 9.68 Å². The largest absolute Gasteiger partial charge is 0.871 e. The van der Waals surface area contributed by atoms with Crippen molar-refractivity contribution in [2.24, 2.45) is 0 Å². The third-order valence-electron chi connectivity index (χ3n) is 10.0. The zero-order chi connectivity index (χ0) is 39.3. The molecule has 10 heteroatoms. The van der Waals surface area contributed by atoms with Crippen molar-refractivity contribution in [1.82, 2.24) is 0 Å². The molecule has 0 amide bonds. The molecule has 9 nitrogen and oxygen atoms in total. The van der Waals surface area contributed by atoms with Gasteiger partial charge in [0.25, 0.3) is 0 Å². The minimum Gasteiger partial charge on any atom is -0.871 e. The van der Waals surface area contributed by atoms with Crippen LogP contribution in [0.25, 0.3) is 0 Å². The topological polar surface area (TPSA) is 100 Å². The van der Waals surface area contributed by atoms with Gasteiger partial charge in [0.2, 0.25) is 12.4 Å². The van der Waals surface area contributed by atoms with Gasteiger partial charge in [-0.05, 0) is 107 Å². The molecule has 0 atom stereocenters. The number of hydrogen-bond acceptors (Lipinski definition) is 7. The summed E-state index contributed by atoms with van der Waals surface area (Å²) in [4.78, 5) is 10.9. The average molecular weight is 761 g/mol. The molecule has 0 saturated heterocycles. The summed E-state index contributed by atoms with van der Waals surface area (Å²) < 4.78 is 19.9. The fourth-order valence-corrected chi connectivity index (χ4v) is 7.47. The van der Waals surface area contributed by atoms with Gasteiger partial charge in [-0.2, -0.15) is 0 Å². The van der Waals surface area contributed by atoms with E-state index in [1.165, 1.54) is 68.1 Å². The van der Waals surface area contributed by atoms with Crippen molar-refractivity contribution in [3.8, 4) is 11.8 Å². The number of hydrogen-bond donors (Lipinski definition) is 0. The van der Waals surface area contributed by atoms with Gasteiger partial charge in [0, 0.05) is 33.6 Å². The van der Waals surface area contributed by atoms with Crippen LogP contribution in [0, 0.1) is 0 Å². The Morgan fingerprint density at radius 1 is 0.554 bits per heavy atom. The molecule has 0 bridgehead atoms. The van der Waals surface area contributed by atoms with Crippen molar-refractivity contribution in [2.75, 3.05) is 19.8 Å². The van der Waals surface area contributed by atoms with E-state index in [0.29, 0.717) is 31.8 Å². The first-order chi connectivity index (χ1) is 27.5. The van der Waals surface area contributed by atoms with Gasteiger partial charge >= 0.3 is 11.8 Å². The summed E-state index contributed by atoms with van der Waals surface area (Å²) in [5.41, 5.74) is 3.17. The Bertz CT molecular complexity index is 1630. The van der Waals surface area contributed by atoms with Gasteiger partial charge in [0.15, 0.2) is 13.2 Å². The fourth-order valence-electron chi connectivity index (χ4n) is 7.47. The second-order valence-corrected chi connectivity index (χ2v) is 13.9. The monoisotopic (exact) mass is 760 g/mol. The molecule has 2 fully saturated rings. The highest BCUT2D eigenvalue weighted by molar-refractivity contribution is 6.28. The standard InChI is InChI=1S/C22H21BO3.2C12H18NO2/c24-23(25)26-18-10-17-22(19-11-4-1-5-12-19,20-13-6-2-7-14-20)21-15-8-3-9-16-21;2*1-2-14-13-10-6-5-9-12(13)15-11-7-3-4-8-11/h1-9,11-16H,10,17-18H2;2*5-6,9-11H,2-4,7-8H2,1H3/q-2;2*+1. The molecule has 0 N–H and O–H groups in total. The van der Waals surface area contributed by atoms with Gasteiger partial charge in [0.05, 0.1) is 19.5 Å². The Labute approximate surface area is 333 Å². The minimum atomic E-state index is -2.23. The summed E-state index contributed by atoms with van der Waals surface area (Å²) in [6.45, 7) is 5.40. The molecule has 2 heterocycles. The molecular formula is C46H57BN2O7. The lowest BCUT2D eigenvalue weighted by Gasteiger charge is -2.37. The van der Waals surface area contributed by atoms with Crippen LogP contribution in [0.5, 0.6) is 11.8 Å². The third kappa shape index (κ3) is 12.6. The van der Waals surface area contributed by atoms with Gasteiger partial charge < -0.3 is 24.2 Å². The van der Waals surface area contributed by atoms with Crippen LogP contribution in [-0.4, -0.2) is 39.3 Å². The molecule has 0 unspecified atom stereocenters. The molecule has 0 radical (unpaired) electrons. The van der Waals surface area contributed by atoms with Crippen LogP contribution in [0.2, 0.25) is 0 Å². The van der Waals surface area contributed by atoms with Crippen LogP contribution in [0.3, 0.4) is 0 Å². The molecule has 2 aliphatic rings. The normalized spacial score (nSPS) is 14.1. The van der Waals surface area contributed by atoms with Crippen LogP contribution < -0.4 is 38.7 Å². The van der Waals surface area contributed by atoms with Crippen LogP contribution in [0.4, 0.5) is 0 Å². The molecule has 7 rings (SSSR count). The van der Waals surface area contributed by atoms with Gasteiger partial charge in [0.1, 0.15) is 12.2 Å². The maximum Gasteiger partial charge on any atom is 0.417 e. The number of nitrogens with zero attached hydrogens (tertiary/aromatic N) is 2. The molecule has 0 aliphatic heterocycles. The number of ether oxygens (including phenoxy) is 2. The second-order valence-electron chi connectivity index (χ2n) is 13.9. The second kappa shape index (κ2) is 23.2. The van der Waals surface area contributed by atoms with Crippen molar-refractivity contribution in [3.63, 3.8) is 0 Å². The lowest BCUT2D eigenvalue weighted by atomic mass is 9.67. The predicted octanol–water partition coefficient (Wildman–Crippen LogP) is 6.01. The van der Waals surface area contributed by atoms with Crippen molar-refractivity contribution in [3.05, 3.63) is 156 Å². The van der Waals surface area contributed by atoms with Gasteiger partial charge in [-0.25, -0.2) is 0 Å². The number of benzene rings is 3. The van der Waals surface area contributed by atoms with Crippen LogP contribution in [-0.2, 0) is 10.1 Å². The van der Waals surface area contributed by atoms with Crippen LogP contribution >= 0.6 is 0 Å². The van der Waals surface area contributed by atoms with Crippen LogP contribution in [0.1, 0.15) is 94.7 Å².